The van der Waals surface area contributed by atoms with Crippen molar-refractivity contribution in [2.75, 3.05) is 18.2 Å². The number of hydrogen-bond acceptors (Lipinski definition) is 4. The first-order valence-corrected chi connectivity index (χ1v) is 10.3. The molecular weight excluding hydrogens is 362 g/mol. The van der Waals surface area contributed by atoms with Crippen LogP contribution in [0.25, 0.3) is 10.8 Å². The quantitative estimate of drug-likeness (QED) is 0.668. The first-order chi connectivity index (χ1) is 13.0. The number of carbonyl (C=O) groups excluding carboxylic acids is 1. The standard InChI is InChI=1S/C21H21NO4S/c1-26-17-11-13-18(14-12-17)27(24,25)15-5-10-21(23)22-20-9-4-7-16-6-2-3-8-19(16)20/h2-4,6-9,11-14H,5,10,15H2,1H3,(H,22,23). The Labute approximate surface area is 158 Å². The van der Waals surface area contributed by atoms with E-state index in [9.17, 15) is 13.2 Å². The first kappa shape index (κ1) is 18.9. The van der Waals surface area contributed by atoms with Crippen LogP contribution in [0.1, 0.15) is 12.8 Å². The molecule has 0 heterocycles. The van der Waals surface area contributed by atoms with Crippen molar-refractivity contribution in [1.82, 2.24) is 0 Å². The van der Waals surface area contributed by atoms with Crippen LogP contribution in [0.15, 0.2) is 71.6 Å². The van der Waals surface area contributed by atoms with Crippen molar-refractivity contribution < 1.29 is 17.9 Å². The molecular formula is C21H21NO4S. The Morgan fingerprint density at radius 3 is 2.41 bits per heavy atom. The summed E-state index contributed by atoms with van der Waals surface area (Å²) in [5.74, 6) is 0.321. The van der Waals surface area contributed by atoms with E-state index in [4.69, 9.17) is 4.74 Å². The lowest BCUT2D eigenvalue weighted by Crippen LogP contribution is -2.14. The zero-order chi connectivity index (χ0) is 19.3. The Balaban J connectivity index is 1.58. The summed E-state index contributed by atoms with van der Waals surface area (Å²) in [5.41, 5.74) is 0.733. The van der Waals surface area contributed by atoms with Crippen molar-refractivity contribution in [3.63, 3.8) is 0 Å². The maximum atomic E-state index is 12.4. The van der Waals surface area contributed by atoms with Gasteiger partial charge in [-0.05, 0) is 42.1 Å². The number of amides is 1. The largest absolute Gasteiger partial charge is 0.497 e. The van der Waals surface area contributed by atoms with Crippen LogP contribution >= 0.6 is 0 Å². The van der Waals surface area contributed by atoms with Gasteiger partial charge < -0.3 is 10.1 Å². The molecule has 140 valence electrons. The molecule has 0 saturated heterocycles. The highest BCUT2D eigenvalue weighted by Gasteiger charge is 2.15. The Hall–Kier alpha value is -2.86. The van der Waals surface area contributed by atoms with Gasteiger partial charge in [-0.2, -0.15) is 0 Å². The Kier molecular flexibility index (Phi) is 5.76. The number of hydrogen-bond donors (Lipinski definition) is 1. The van der Waals surface area contributed by atoms with E-state index in [2.05, 4.69) is 5.32 Å². The average Bonchev–Trinajstić information content (AvgIpc) is 2.68. The number of carbonyl (C=O) groups is 1. The molecule has 5 nitrogen and oxygen atoms in total. The monoisotopic (exact) mass is 383 g/mol. The fourth-order valence-corrected chi connectivity index (χ4v) is 4.18. The molecule has 3 rings (SSSR count). The third-order valence-electron chi connectivity index (χ3n) is 4.30. The van der Waals surface area contributed by atoms with Gasteiger partial charge in [0.1, 0.15) is 5.75 Å². The molecule has 6 heteroatoms. The zero-order valence-electron chi connectivity index (χ0n) is 15.0. The van der Waals surface area contributed by atoms with E-state index in [0.29, 0.717) is 5.75 Å². The minimum absolute atomic E-state index is 0.0811. The van der Waals surface area contributed by atoms with Gasteiger partial charge >= 0.3 is 0 Å². The van der Waals surface area contributed by atoms with Crippen molar-refractivity contribution in [2.45, 2.75) is 17.7 Å². The summed E-state index contributed by atoms with van der Waals surface area (Å²) in [4.78, 5) is 12.5. The Bertz CT molecular complexity index is 1040. The summed E-state index contributed by atoms with van der Waals surface area (Å²) in [6, 6.07) is 19.7. The lowest BCUT2D eigenvalue weighted by atomic mass is 10.1. The summed E-state index contributed by atoms with van der Waals surface area (Å²) in [5, 5.41) is 4.87. The van der Waals surface area contributed by atoms with Crippen LogP contribution in [0, 0.1) is 0 Å². The average molecular weight is 383 g/mol. The molecule has 1 N–H and O–H groups in total. The van der Waals surface area contributed by atoms with Crippen molar-refractivity contribution >= 4 is 32.2 Å². The number of methoxy groups -OCH3 is 1. The number of rotatable bonds is 7. The summed E-state index contributed by atoms with van der Waals surface area (Å²) in [6.45, 7) is 0. The van der Waals surface area contributed by atoms with Crippen LogP contribution in [0.2, 0.25) is 0 Å². The van der Waals surface area contributed by atoms with Crippen LogP contribution < -0.4 is 10.1 Å². The molecule has 0 fully saturated rings. The highest BCUT2D eigenvalue weighted by Crippen LogP contribution is 2.23. The van der Waals surface area contributed by atoms with Crippen molar-refractivity contribution in [1.29, 1.82) is 0 Å². The third kappa shape index (κ3) is 4.65. The zero-order valence-corrected chi connectivity index (χ0v) is 15.8. The van der Waals surface area contributed by atoms with Gasteiger partial charge in [0, 0.05) is 17.5 Å². The van der Waals surface area contributed by atoms with Crippen molar-refractivity contribution in [2.24, 2.45) is 0 Å². The normalized spacial score (nSPS) is 11.3. The van der Waals surface area contributed by atoms with Crippen LogP contribution in [0.4, 0.5) is 5.69 Å². The molecule has 0 spiro atoms. The number of benzene rings is 3. The SMILES string of the molecule is COc1ccc(S(=O)(=O)CCCC(=O)Nc2cccc3ccccc23)cc1. The number of fused-ring (bicyclic) bond motifs is 1. The third-order valence-corrected chi connectivity index (χ3v) is 6.12. The predicted octanol–water partition coefficient (Wildman–Crippen LogP) is 4.04. The molecule has 3 aromatic rings. The van der Waals surface area contributed by atoms with Gasteiger partial charge in [-0.1, -0.05) is 36.4 Å². The smallest absolute Gasteiger partial charge is 0.224 e. The highest BCUT2D eigenvalue weighted by atomic mass is 32.2. The molecule has 27 heavy (non-hydrogen) atoms. The van der Waals surface area contributed by atoms with Crippen LogP contribution in [0.3, 0.4) is 0 Å². The second-order valence-corrected chi connectivity index (χ2v) is 8.28. The number of nitrogens with one attached hydrogen (secondary N) is 1. The molecule has 0 atom stereocenters. The molecule has 0 bridgehead atoms. The summed E-state index contributed by atoms with van der Waals surface area (Å²) < 4.78 is 29.8. The minimum atomic E-state index is -3.42. The van der Waals surface area contributed by atoms with Crippen LogP contribution in [-0.2, 0) is 14.6 Å². The molecule has 1 amide bonds. The Morgan fingerprint density at radius 2 is 1.67 bits per heavy atom. The van der Waals surface area contributed by atoms with Gasteiger partial charge in [-0.25, -0.2) is 8.42 Å². The predicted molar refractivity (Wildman–Crippen MR) is 107 cm³/mol. The molecule has 0 unspecified atom stereocenters. The van der Waals surface area contributed by atoms with Crippen LogP contribution in [-0.4, -0.2) is 27.2 Å². The highest BCUT2D eigenvalue weighted by molar-refractivity contribution is 7.91. The number of ether oxygens (including phenoxy) is 1. The van der Waals surface area contributed by atoms with Crippen molar-refractivity contribution in [3.8, 4) is 5.75 Å². The summed E-state index contributed by atoms with van der Waals surface area (Å²) in [7, 11) is -1.90. The van der Waals surface area contributed by atoms with Gasteiger partial charge in [0.05, 0.1) is 17.8 Å². The molecule has 0 aliphatic carbocycles. The maximum absolute atomic E-state index is 12.4. The first-order valence-electron chi connectivity index (χ1n) is 8.64. The van der Waals surface area contributed by atoms with E-state index in [0.717, 1.165) is 16.5 Å². The van der Waals surface area contributed by atoms with Crippen molar-refractivity contribution in [3.05, 3.63) is 66.7 Å². The van der Waals surface area contributed by atoms with E-state index >= 15 is 0 Å². The topological polar surface area (TPSA) is 72.5 Å². The van der Waals surface area contributed by atoms with Crippen LogP contribution in [0.5, 0.6) is 5.75 Å². The van der Waals surface area contributed by atoms with E-state index in [1.807, 2.05) is 42.5 Å². The minimum Gasteiger partial charge on any atom is -0.497 e. The molecule has 0 aliphatic heterocycles. The van der Waals surface area contributed by atoms with Gasteiger partial charge in [0.15, 0.2) is 9.84 Å². The maximum Gasteiger partial charge on any atom is 0.224 e. The molecule has 0 saturated carbocycles. The summed E-state index contributed by atoms with van der Waals surface area (Å²) >= 11 is 0. The molecule has 0 aliphatic rings. The van der Waals surface area contributed by atoms with E-state index < -0.39 is 9.84 Å². The number of anilines is 1. The number of sulfone groups is 1. The lowest BCUT2D eigenvalue weighted by Gasteiger charge is -2.09. The van der Waals surface area contributed by atoms with E-state index in [1.54, 1.807) is 12.1 Å². The fraction of sp³-hybridized carbons (Fsp3) is 0.190. The molecule has 0 aromatic heterocycles. The second kappa shape index (κ2) is 8.22. The van der Waals surface area contributed by atoms with Gasteiger partial charge in [-0.15, -0.1) is 0 Å². The Morgan fingerprint density at radius 1 is 0.963 bits per heavy atom. The van der Waals surface area contributed by atoms with Gasteiger partial charge in [0.25, 0.3) is 0 Å². The second-order valence-electron chi connectivity index (χ2n) is 6.17. The lowest BCUT2D eigenvalue weighted by molar-refractivity contribution is -0.116. The molecule has 0 radical (unpaired) electrons. The van der Waals surface area contributed by atoms with E-state index in [-0.39, 0.29) is 29.4 Å². The summed E-state index contributed by atoms with van der Waals surface area (Å²) in [6.07, 6.45) is 0.392. The molecule has 3 aromatic carbocycles. The van der Waals surface area contributed by atoms with Gasteiger partial charge in [-0.3, -0.25) is 4.79 Å². The van der Waals surface area contributed by atoms with Gasteiger partial charge in [0.2, 0.25) is 5.91 Å². The van der Waals surface area contributed by atoms with E-state index in [1.165, 1.54) is 19.2 Å². The fourth-order valence-electron chi connectivity index (χ4n) is 2.87.